The lowest BCUT2D eigenvalue weighted by Gasteiger charge is -2.37. The highest BCUT2D eigenvalue weighted by Gasteiger charge is 2.30. The van der Waals surface area contributed by atoms with E-state index in [-0.39, 0.29) is 30.8 Å². The third-order valence-electron chi connectivity index (χ3n) is 4.89. The second-order valence-electron chi connectivity index (χ2n) is 6.40. The van der Waals surface area contributed by atoms with Crippen LogP contribution in [0, 0.1) is 0 Å². The van der Waals surface area contributed by atoms with E-state index in [2.05, 4.69) is 5.32 Å². The van der Waals surface area contributed by atoms with Crippen LogP contribution in [0.4, 0.5) is 0 Å². The molecule has 0 saturated carbocycles. The maximum atomic E-state index is 13.2. The first-order valence-corrected chi connectivity index (χ1v) is 9.02. The molecule has 28 heavy (non-hydrogen) atoms. The van der Waals surface area contributed by atoms with Crippen molar-refractivity contribution in [2.75, 3.05) is 41.0 Å². The normalized spacial score (nSPS) is 16.1. The third-order valence-corrected chi connectivity index (χ3v) is 4.89. The maximum absolute atomic E-state index is 13.2. The van der Waals surface area contributed by atoms with Crippen molar-refractivity contribution in [3.63, 3.8) is 0 Å². The van der Waals surface area contributed by atoms with E-state index in [0.29, 0.717) is 24.6 Å². The van der Waals surface area contributed by atoms with Gasteiger partial charge in [0.05, 0.1) is 33.8 Å². The Bertz CT molecular complexity index is 800. The first kappa shape index (κ1) is 21.9. The number of amides is 1. The van der Waals surface area contributed by atoms with Crippen LogP contribution in [-0.4, -0.2) is 51.8 Å². The predicted molar refractivity (Wildman–Crippen MR) is 111 cm³/mol. The van der Waals surface area contributed by atoms with Gasteiger partial charge in [0.1, 0.15) is 17.2 Å². The molecule has 0 spiro atoms. The fourth-order valence-electron chi connectivity index (χ4n) is 3.51. The molecule has 1 amide bonds. The van der Waals surface area contributed by atoms with Gasteiger partial charge in [-0.2, -0.15) is 0 Å². The number of halogens is 1. The molecule has 0 radical (unpaired) electrons. The number of hydrogen-bond donors (Lipinski definition) is 1. The topological polar surface area (TPSA) is 60.0 Å². The Morgan fingerprint density at radius 3 is 2.54 bits per heavy atom. The number of piperazine rings is 1. The number of nitrogens with zero attached hydrogens (tertiary/aromatic N) is 1. The van der Waals surface area contributed by atoms with Crippen molar-refractivity contribution in [2.45, 2.75) is 12.5 Å². The van der Waals surface area contributed by atoms with Crippen LogP contribution in [0.5, 0.6) is 17.2 Å². The molecular formula is C21H27ClN2O4. The van der Waals surface area contributed by atoms with E-state index in [1.165, 1.54) is 0 Å². The van der Waals surface area contributed by atoms with Crippen molar-refractivity contribution >= 4 is 18.3 Å². The SMILES string of the molecule is COc1ccc(OC)c(CC(=O)N2CCNCC2c2ccccc2OC)c1.Cl. The van der Waals surface area contributed by atoms with Crippen LogP contribution in [0.3, 0.4) is 0 Å². The molecule has 0 aromatic heterocycles. The number of hydrogen-bond acceptors (Lipinski definition) is 5. The van der Waals surface area contributed by atoms with Gasteiger partial charge in [-0.25, -0.2) is 0 Å². The van der Waals surface area contributed by atoms with Gasteiger partial charge in [-0.05, 0) is 24.3 Å². The lowest BCUT2D eigenvalue weighted by atomic mass is 10.0. The molecule has 1 N–H and O–H groups in total. The molecule has 6 nitrogen and oxygen atoms in total. The number of carbonyl (C=O) groups excluding carboxylic acids is 1. The number of carbonyl (C=O) groups is 1. The summed E-state index contributed by atoms with van der Waals surface area (Å²) in [5, 5.41) is 3.38. The van der Waals surface area contributed by atoms with Crippen LogP contribution >= 0.6 is 12.4 Å². The molecule has 152 valence electrons. The van der Waals surface area contributed by atoms with Gasteiger partial charge >= 0.3 is 0 Å². The summed E-state index contributed by atoms with van der Waals surface area (Å²) in [5.74, 6) is 2.25. The van der Waals surface area contributed by atoms with Crippen LogP contribution in [-0.2, 0) is 11.2 Å². The molecule has 1 aliphatic rings. The summed E-state index contributed by atoms with van der Waals surface area (Å²) >= 11 is 0. The van der Waals surface area contributed by atoms with Gasteiger partial charge in [0, 0.05) is 30.8 Å². The second kappa shape index (κ2) is 10.2. The van der Waals surface area contributed by atoms with Crippen molar-refractivity contribution < 1.29 is 19.0 Å². The number of ether oxygens (including phenoxy) is 3. The minimum Gasteiger partial charge on any atom is -0.497 e. The first-order chi connectivity index (χ1) is 13.2. The van der Waals surface area contributed by atoms with E-state index in [1.54, 1.807) is 21.3 Å². The summed E-state index contributed by atoms with van der Waals surface area (Å²) in [7, 11) is 4.88. The molecule has 7 heteroatoms. The van der Waals surface area contributed by atoms with Gasteiger partial charge < -0.3 is 24.4 Å². The standard InChI is InChI=1S/C21H26N2O4.ClH/c1-25-16-8-9-19(26-2)15(12-16)13-21(24)23-11-10-22-14-18(23)17-6-4-5-7-20(17)27-3;/h4-9,12,18,22H,10-11,13-14H2,1-3H3;1H. The average molecular weight is 407 g/mol. The smallest absolute Gasteiger partial charge is 0.227 e. The molecule has 0 bridgehead atoms. The maximum Gasteiger partial charge on any atom is 0.227 e. The largest absolute Gasteiger partial charge is 0.497 e. The number of para-hydroxylation sites is 1. The summed E-state index contributed by atoms with van der Waals surface area (Å²) in [6, 6.07) is 13.3. The third kappa shape index (κ3) is 4.69. The molecule has 1 heterocycles. The van der Waals surface area contributed by atoms with E-state index in [0.717, 1.165) is 23.4 Å². The van der Waals surface area contributed by atoms with Crippen LogP contribution in [0.25, 0.3) is 0 Å². The average Bonchev–Trinajstić information content (AvgIpc) is 2.73. The van der Waals surface area contributed by atoms with Gasteiger partial charge in [0.2, 0.25) is 5.91 Å². The first-order valence-electron chi connectivity index (χ1n) is 9.02. The summed E-state index contributed by atoms with van der Waals surface area (Å²) < 4.78 is 16.2. The molecule has 2 aromatic rings. The molecule has 1 unspecified atom stereocenters. The number of rotatable bonds is 6. The zero-order chi connectivity index (χ0) is 19.2. The highest BCUT2D eigenvalue weighted by atomic mass is 35.5. The fraction of sp³-hybridized carbons (Fsp3) is 0.381. The summed E-state index contributed by atoms with van der Waals surface area (Å²) in [4.78, 5) is 15.1. The highest BCUT2D eigenvalue weighted by Crippen LogP contribution is 2.31. The molecule has 1 saturated heterocycles. The Kier molecular flexibility index (Phi) is 7.96. The van der Waals surface area contributed by atoms with Crippen molar-refractivity contribution in [3.8, 4) is 17.2 Å². The molecule has 2 aromatic carbocycles. The van der Waals surface area contributed by atoms with E-state index in [1.807, 2.05) is 47.4 Å². The van der Waals surface area contributed by atoms with Crippen LogP contribution in [0.1, 0.15) is 17.2 Å². The van der Waals surface area contributed by atoms with Crippen molar-refractivity contribution in [1.82, 2.24) is 10.2 Å². The summed E-state index contributed by atoms with van der Waals surface area (Å²) in [5.41, 5.74) is 1.83. The Labute approximate surface area is 172 Å². The lowest BCUT2D eigenvalue weighted by Crippen LogP contribution is -2.49. The Balaban J connectivity index is 0.00000280. The van der Waals surface area contributed by atoms with Crippen molar-refractivity contribution in [1.29, 1.82) is 0 Å². The van der Waals surface area contributed by atoms with Gasteiger partial charge in [-0.15, -0.1) is 12.4 Å². The monoisotopic (exact) mass is 406 g/mol. The Morgan fingerprint density at radius 1 is 1.07 bits per heavy atom. The fourth-order valence-corrected chi connectivity index (χ4v) is 3.51. The Morgan fingerprint density at radius 2 is 1.82 bits per heavy atom. The van der Waals surface area contributed by atoms with Gasteiger partial charge in [0.15, 0.2) is 0 Å². The number of methoxy groups -OCH3 is 3. The highest BCUT2D eigenvalue weighted by molar-refractivity contribution is 5.85. The molecule has 0 aliphatic carbocycles. The predicted octanol–water partition coefficient (Wildman–Crippen LogP) is 2.85. The van der Waals surface area contributed by atoms with Crippen LogP contribution < -0.4 is 19.5 Å². The molecule has 1 aliphatic heterocycles. The summed E-state index contributed by atoms with van der Waals surface area (Å²) in [6.07, 6.45) is 0.256. The van der Waals surface area contributed by atoms with Gasteiger partial charge in [-0.1, -0.05) is 18.2 Å². The van der Waals surface area contributed by atoms with Crippen LogP contribution in [0.15, 0.2) is 42.5 Å². The van der Waals surface area contributed by atoms with E-state index in [9.17, 15) is 4.79 Å². The quantitative estimate of drug-likeness (QED) is 0.799. The zero-order valence-corrected chi connectivity index (χ0v) is 17.3. The molecular weight excluding hydrogens is 380 g/mol. The minimum atomic E-state index is -0.0704. The molecule has 1 atom stereocenters. The number of benzene rings is 2. The minimum absolute atomic E-state index is 0. The molecule has 1 fully saturated rings. The Hall–Kier alpha value is -2.44. The summed E-state index contributed by atoms with van der Waals surface area (Å²) in [6.45, 7) is 2.11. The van der Waals surface area contributed by atoms with Gasteiger partial charge in [0.25, 0.3) is 0 Å². The van der Waals surface area contributed by atoms with E-state index >= 15 is 0 Å². The van der Waals surface area contributed by atoms with Gasteiger partial charge in [-0.3, -0.25) is 4.79 Å². The van der Waals surface area contributed by atoms with Crippen molar-refractivity contribution in [2.24, 2.45) is 0 Å². The molecule has 3 rings (SSSR count). The second-order valence-corrected chi connectivity index (χ2v) is 6.40. The zero-order valence-electron chi connectivity index (χ0n) is 16.4. The van der Waals surface area contributed by atoms with E-state index < -0.39 is 0 Å². The lowest BCUT2D eigenvalue weighted by molar-refractivity contribution is -0.133. The van der Waals surface area contributed by atoms with E-state index in [4.69, 9.17) is 14.2 Å². The van der Waals surface area contributed by atoms with Crippen molar-refractivity contribution in [3.05, 3.63) is 53.6 Å². The number of nitrogens with one attached hydrogen (secondary N) is 1. The van der Waals surface area contributed by atoms with Crippen LogP contribution in [0.2, 0.25) is 0 Å².